The number of rotatable bonds is 11. The fourth-order valence-electron chi connectivity index (χ4n) is 5.15. The average molecular weight is 508 g/mol. The van der Waals surface area contributed by atoms with Gasteiger partial charge in [0, 0.05) is 35.4 Å². The van der Waals surface area contributed by atoms with Crippen molar-refractivity contribution in [3.8, 4) is 16.8 Å². The molecule has 2 aromatic heterocycles. The third kappa shape index (κ3) is 6.95. The van der Waals surface area contributed by atoms with Gasteiger partial charge >= 0.3 is 0 Å². The maximum absolute atomic E-state index is 13.3. The van der Waals surface area contributed by atoms with Crippen LogP contribution in [0.4, 0.5) is 5.95 Å². The van der Waals surface area contributed by atoms with Gasteiger partial charge in [-0.2, -0.15) is 0 Å². The number of nitrogens with zero attached hydrogens (tertiary/aromatic N) is 4. The number of likely N-dealkylation sites (tertiary alicyclic amines) is 1. The zero-order valence-corrected chi connectivity index (χ0v) is 22.1. The van der Waals surface area contributed by atoms with Gasteiger partial charge in [-0.15, -0.1) is 0 Å². The van der Waals surface area contributed by atoms with Crippen LogP contribution in [0.15, 0.2) is 85.3 Å². The molecule has 0 saturated carbocycles. The Labute approximate surface area is 225 Å². The lowest BCUT2D eigenvalue weighted by atomic mass is 10.0. The largest absolute Gasteiger partial charge is 0.303 e. The summed E-state index contributed by atoms with van der Waals surface area (Å²) in [5.74, 6) is 0.371. The second-order valence-corrected chi connectivity index (χ2v) is 10.1. The molecular weight excluding hydrogens is 470 g/mol. The zero-order valence-electron chi connectivity index (χ0n) is 22.1. The van der Waals surface area contributed by atoms with Gasteiger partial charge < -0.3 is 4.90 Å². The number of benzene rings is 2. The van der Waals surface area contributed by atoms with E-state index in [4.69, 9.17) is 4.98 Å². The van der Waals surface area contributed by atoms with Gasteiger partial charge in [0.25, 0.3) is 5.91 Å². The van der Waals surface area contributed by atoms with Gasteiger partial charge in [-0.25, -0.2) is 4.98 Å². The number of piperidine rings is 1. The Hall–Kier alpha value is -3.77. The van der Waals surface area contributed by atoms with Crippen molar-refractivity contribution in [2.45, 2.75) is 51.4 Å². The summed E-state index contributed by atoms with van der Waals surface area (Å²) in [4.78, 5) is 24.9. The lowest BCUT2D eigenvalue weighted by molar-refractivity contribution is 0.102. The molecular formula is C32H37N5O. The molecule has 3 heterocycles. The first-order valence-electron chi connectivity index (χ1n) is 13.9. The third-order valence-electron chi connectivity index (χ3n) is 7.24. The molecule has 0 unspecified atom stereocenters. The highest BCUT2D eigenvalue weighted by molar-refractivity contribution is 6.04. The highest BCUT2D eigenvalue weighted by atomic mass is 16.1. The number of unbranched alkanes of at least 4 members (excludes halogenated alkanes) is 3. The molecule has 0 radical (unpaired) electrons. The van der Waals surface area contributed by atoms with Crippen LogP contribution in [0, 0.1) is 0 Å². The number of imidazole rings is 1. The molecule has 6 nitrogen and oxygen atoms in total. The van der Waals surface area contributed by atoms with Crippen molar-refractivity contribution in [2.24, 2.45) is 0 Å². The standard InChI is InChI=1S/C32H37N5O/c38-31(27-14-11-13-26(23-27)28-15-12-19-33-24-28)35-32-34-29(25-37(32)30-17-6-3-7-18-30)16-5-1-2-8-20-36-21-9-4-10-22-36/h3,6-7,11-15,17-19,23-25H,1-2,4-5,8-10,16,20-22H2,(H,34,35,38). The first-order chi connectivity index (χ1) is 18.8. The average Bonchev–Trinajstić information content (AvgIpc) is 3.38. The molecule has 0 spiro atoms. The molecule has 0 atom stereocenters. The second-order valence-electron chi connectivity index (χ2n) is 10.1. The van der Waals surface area contributed by atoms with Crippen LogP contribution in [0.1, 0.15) is 61.0 Å². The summed E-state index contributed by atoms with van der Waals surface area (Å²) >= 11 is 0. The fourth-order valence-corrected chi connectivity index (χ4v) is 5.15. The summed E-state index contributed by atoms with van der Waals surface area (Å²) in [5, 5.41) is 3.06. The third-order valence-corrected chi connectivity index (χ3v) is 7.24. The van der Waals surface area contributed by atoms with Crippen LogP contribution < -0.4 is 5.32 Å². The number of aromatic nitrogens is 3. The van der Waals surface area contributed by atoms with Crippen LogP contribution in [0.5, 0.6) is 0 Å². The van der Waals surface area contributed by atoms with Crippen LogP contribution in [-0.4, -0.2) is 45.0 Å². The summed E-state index contributed by atoms with van der Waals surface area (Å²) in [6.07, 6.45) is 15.5. The van der Waals surface area contributed by atoms with E-state index in [1.165, 1.54) is 58.2 Å². The van der Waals surface area contributed by atoms with E-state index in [-0.39, 0.29) is 5.91 Å². The van der Waals surface area contributed by atoms with E-state index in [1.54, 1.807) is 12.4 Å². The van der Waals surface area contributed by atoms with Gasteiger partial charge in [-0.05, 0) is 87.6 Å². The minimum Gasteiger partial charge on any atom is -0.303 e. The first kappa shape index (κ1) is 25.9. The molecule has 1 aliphatic rings. The molecule has 38 heavy (non-hydrogen) atoms. The van der Waals surface area contributed by atoms with Crippen LogP contribution in [0.2, 0.25) is 0 Å². The molecule has 196 valence electrons. The monoisotopic (exact) mass is 507 g/mol. The lowest BCUT2D eigenvalue weighted by Crippen LogP contribution is -2.30. The summed E-state index contributed by atoms with van der Waals surface area (Å²) < 4.78 is 1.98. The van der Waals surface area contributed by atoms with Gasteiger partial charge in [-0.1, -0.05) is 55.7 Å². The predicted molar refractivity (Wildman–Crippen MR) is 154 cm³/mol. The molecule has 0 bridgehead atoms. The van der Waals surface area contributed by atoms with Crippen LogP contribution >= 0.6 is 0 Å². The molecule has 2 aromatic carbocycles. The van der Waals surface area contributed by atoms with Gasteiger partial charge in [0.05, 0.1) is 5.69 Å². The molecule has 6 heteroatoms. The van der Waals surface area contributed by atoms with Gasteiger partial charge in [-0.3, -0.25) is 19.7 Å². The molecule has 1 aliphatic heterocycles. The van der Waals surface area contributed by atoms with Gasteiger partial charge in [0.15, 0.2) is 0 Å². The van der Waals surface area contributed by atoms with E-state index in [2.05, 4.69) is 21.4 Å². The molecule has 1 fully saturated rings. The molecule has 5 rings (SSSR count). The van der Waals surface area contributed by atoms with Crippen LogP contribution in [-0.2, 0) is 6.42 Å². The van der Waals surface area contributed by atoms with E-state index >= 15 is 0 Å². The van der Waals surface area contributed by atoms with Gasteiger partial charge in [0.1, 0.15) is 0 Å². The highest BCUT2D eigenvalue weighted by Gasteiger charge is 2.15. The minimum atomic E-state index is -0.178. The number of pyridine rings is 1. The molecule has 0 aliphatic carbocycles. The highest BCUT2D eigenvalue weighted by Crippen LogP contribution is 2.22. The van der Waals surface area contributed by atoms with Crippen molar-refractivity contribution in [1.82, 2.24) is 19.4 Å². The Morgan fingerprint density at radius 1 is 0.842 bits per heavy atom. The van der Waals surface area contributed by atoms with Crippen molar-refractivity contribution >= 4 is 11.9 Å². The number of amides is 1. The lowest BCUT2D eigenvalue weighted by Gasteiger charge is -2.26. The van der Waals surface area contributed by atoms with E-state index in [0.29, 0.717) is 11.5 Å². The second kappa shape index (κ2) is 13.2. The number of hydrogen-bond acceptors (Lipinski definition) is 4. The van der Waals surface area contributed by atoms with Gasteiger partial charge in [0.2, 0.25) is 5.95 Å². The normalized spacial score (nSPS) is 13.9. The van der Waals surface area contributed by atoms with Crippen molar-refractivity contribution in [3.05, 3.63) is 96.6 Å². The SMILES string of the molecule is O=C(Nc1nc(CCCCCCN2CCCCC2)cn1-c1ccccc1)c1cccc(-c2cccnc2)c1. The smallest absolute Gasteiger partial charge is 0.258 e. The number of aryl methyl sites for hydroxylation is 1. The summed E-state index contributed by atoms with van der Waals surface area (Å²) in [7, 11) is 0. The van der Waals surface area contributed by atoms with Crippen molar-refractivity contribution < 1.29 is 4.79 Å². The first-order valence-corrected chi connectivity index (χ1v) is 13.9. The Morgan fingerprint density at radius 2 is 1.66 bits per heavy atom. The molecule has 4 aromatic rings. The Morgan fingerprint density at radius 3 is 2.47 bits per heavy atom. The van der Waals surface area contributed by atoms with E-state index < -0.39 is 0 Å². The number of nitrogens with one attached hydrogen (secondary N) is 1. The maximum atomic E-state index is 13.3. The van der Waals surface area contributed by atoms with E-state index in [0.717, 1.165) is 35.3 Å². The summed E-state index contributed by atoms with van der Waals surface area (Å²) in [6.45, 7) is 3.79. The summed E-state index contributed by atoms with van der Waals surface area (Å²) in [5.41, 5.74) is 4.50. The van der Waals surface area contributed by atoms with E-state index in [9.17, 15) is 4.79 Å². The molecule has 1 N–H and O–H groups in total. The van der Waals surface area contributed by atoms with Crippen LogP contribution in [0.3, 0.4) is 0 Å². The Balaban J connectivity index is 1.22. The van der Waals surface area contributed by atoms with Crippen molar-refractivity contribution in [2.75, 3.05) is 25.0 Å². The van der Waals surface area contributed by atoms with E-state index in [1.807, 2.05) is 71.3 Å². The molecule has 1 amide bonds. The summed E-state index contributed by atoms with van der Waals surface area (Å²) in [6, 6.07) is 21.6. The van der Waals surface area contributed by atoms with Crippen molar-refractivity contribution in [3.63, 3.8) is 0 Å². The Kier molecular flexibility index (Phi) is 8.95. The minimum absolute atomic E-state index is 0.178. The number of para-hydroxylation sites is 1. The maximum Gasteiger partial charge on any atom is 0.258 e. The predicted octanol–water partition coefficient (Wildman–Crippen LogP) is 6.78. The molecule has 1 saturated heterocycles. The fraction of sp³-hybridized carbons (Fsp3) is 0.344. The topological polar surface area (TPSA) is 63.1 Å². The Bertz CT molecular complexity index is 1300. The quantitative estimate of drug-likeness (QED) is 0.227. The van der Waals surface area contributed by atoms with Crippen molar-refractivity contribution in [1.29, 1.82) is 0 Å². The van der Waals surface area contributed by atoms with Crippen LogP contribution in [0.25, 0.3) is 16.8 Å². The zero-order chi connectivity index (χ0) is 26.0. The number of carbonyl (C=O) groups excluding carboxylic acids is 1. The number of hydrogen-bond donors (Lipinski definition) is 1. The number of carbonyl (C=O) groups is 1. The number of anilines is 1.